The number of nitrogens with one attached hydrogen (secondary N) is 2. The number of para-hydroxylation sites is 1. The van der Waals surface area contributed by atoms with Crippen molar-refractivity contribution in [1.82, 2.24) is 10.2 Å². The van der Waals surface area contributed by atoms with Crippen LogP contribution in [0.2, 0.25) is 0 Å². The summed E-state index contributed by atoms with van der Waals surface area (Å²) in [7, 11) is 0. The highest BCUT2D eigenvalue weighted by Crippen LogP contribution is 2.26. The number of carbonyl (C=O) groups is 3. The molecule has 202 valence electrons. The number of aryl methyl sites for hydroxylation is 1. The molecule has 0 saturated carbocycles. The van der Waals surface area contributed by atoms with E-state index in [0.717, 1.165) is 12.0 Å². The van der Waals surface area contributed by atoms with Crippen LogP contribution in [-0.4, -0.2) is 53.0 Å². The number of hydrogen-bond donors (Lipinski definition) is 2. The molecule has 8 heteroatoms. The Morgan fingerprint density at radius 2 is 1.68 bits per heavy atom. The Balaban J connectivity index is 2.46. The van der Waals surface area contributed by atoms with Gasteiger partial charge in [-0.25, -0.2) is 4.79 Å². The first-order chi connectivity index (χ1) is 17.6. The van der Waals surface area contributed by atoms with Crippen LogP contribution < -0.4 is 10.6 Å². The molecular formula is C29H41N3O4S. The summed E-state index contributed by atoms with van der Waals surface area (Å²) in [5, 5.41) is 5.80. The van der Waals surface area contributed by atoms with Crippen molar-refractivity contribution in [2.45, 2.75) is 71.6 Å². The van der Waals surface area contributed by atoms with Gasteiger partial charge < -0.3 is 20.3 Å². The van der Waals surface area contributed by atoms with E-state index in [1.54, 1.807) is 37.4 Å². The minimum atomic E-state index is -0.864. The average molecular weight is 528 g/mol. The Morgan fingerprint density at radius 3 is 2.27 bits per heavy atom. The minimum Gasteiger partial charge on any atom is -0.444 e. The van der Waals surface area contributed by atoms with Crippen molar-refractivity contribution < 1.29 is 19.1 Å². The second kappa shape index (κ2) is 14.7. The number of ether oxygens (including phenoxy) is 1. The lowest BCUT2D eigenvalue weighted by molar-refractivity contribution is -0.141. The third kappa shape index (κ3) is 9.76. The van der Waals surface area contributed by atoms with Crippen molar-refractivity contribution in [2.24, 2.45) is 0 Å². The largest absolute Gasteiger partial charge is 0.444 e. The van der Waals surface area contributed by atoms with Gasteiger partial charge in [-0.1, -0.05) is 61.9 Å². The predicted octanol–water partition coefficient (Wildman–Crippen LogP) is 5.95. The molecule has 0 heterocycles. The smallest absolute Gasteiger partial charge is 0.408 e. The maximum atomic E-state index is 14.1. The summed E-state index contributed by atoms with van der Waals surface area (Å²) in [4.78, 5) is 42.1. The van der Waals surface area contributed by atoms with Crippen molar-refractivity contribution in [1.29, 1.82) is 0 Å². The van der Waals surface area contributed by atoms with E-state index in [1.807, 2.05) is 74.7 Å². The molecule has 37 heavy (non-hydrogen) atoms. The summed E-state index contributed by atoms with van der Waals surface area (Å²) in [6.45, 7) is 9.68. The third-order valence-electron chi connectivity index (χ3n) is 5.71. The summed E-state index contributed by atoms with van der Waals surface area (Å²) in [5.74, 6) is 0.0622. The summed E-state index contributed by atoms with van der Waals surface area (Å²) in [5.41, 5.74) is 1.64. The topological polar surface area (TPSA) is 87.7 Å². The number of rotatable bonds is 12. The van der Waals surface area contributed by atoms with Gasteiger partial charge in [-0.3, -0.25) is 9.59 Å². The van der Waals surface area contributed by atoms with Gasteiger partial charge in [0.2, 0.25) is 5.91 Å². The molecule has 2 aromatic carbocycles. The lowest BCUT2D eigenvalue weighted by Crippen LogP contribution is -2.52. The SMILES string of the molecule is CCCCN(C(=O)C(CCSC)NC(=O)OC(C)(C)C)C(C(=O)Nc1ccccc1C)c1ccccc1. The molecular weight excluding hydrogens is 486 g/mol. The van der Waals surface area contributed by atoms with Gasteiger partial charge in [0.15, 0.2) is 0 Å². The van der Waals surface area contributed by atoms with Crippen molar-refractivity contribution in [3.8, 4) is 0 Å². The van der Waals surface area contributed by atoms with Crippen LogP contribution in [0.1, 0.15) is 64.1 Å². The van der Waals surface area contributed by atoms with E-state index >= 15 is 0 Å². The number of benzene rings is 2. The number of unbranched alkanes of at least 4 members (excludes halogenated alkanes) is 1. The molecule has 0 fully saturated rings. The average Bonchev–Trinajstić information content (AvgIpc) is 2.84. The van der Waals surface area contributed by atoms with Crippen molar-refractivity contribution in [3.63, 3.8) is 0 Å². The van der Waals surface area contributed by atoms with Gasteiger partial charge in [-0.05, 0) is 69.7 Å². The Kier molecular flexibility index (Phi) is 12.0. The van der Waals surface area contributed by atoms with Crippen molar-refractivity contribution >= 4 is 35.4 Å². The quantitative estimate of drug-likeness (QED) is 0.356. The molecule has 2 rings (SSSR count). The van der Waals surface area contributed by atoms with E-state index in [1.165, 1.54) is 0 Å². The number of carbonyl (C=O) groups excluding carboxylic acids is 3. The Hall–Kier alpha value is -3.00. The minimum absolute atomic E-state index is 0.300. The van der Waals surface area contributed by atoms with Gasteiger partial charge in [0.25, 0.3) is 5.91 Å². The van der Waals surface area contributed by atoms with Crippen LogP contribution in [0.15, 0.2) is 54.6 Å². The van der Waals surface area contributed by atoms with Gasteiger partial charge >= 0.3 is 6.09 Å². The summed E-state index contributed by atoms with van der Waals surface area (Å²) in [6, 6.07) is 15.2. The molecule has 0 radical (unpaired) electrons. The molecule has 0 saturated heterocycles. The van der Waals surface area contributed by atoms with Gasteiger partial charge in [0, 0.05) is 12.2 Å². The number of nitrogens with zero attached hydrogens (tertiary/aromatic N) is 1. The summed E-state index contributed by atoms with van der Waals surface area (Å²) >= 11 is 1.59. The molecule has 0 aliphatic carbocycles. The lowest BCUT2D eigenvalue weighted by atomic mass is 10.0. The van der Waals surface area contributed by atoms with Gasteiger partial charge in [-0.2, -0.15) is 11.8 Å². The van der Waals surface area contributed by atoms with E-state index in [0.29, 0.717) is 36.4 Å². The van der Waals surface area contributed by atoms with E-state index in [2.05, 4.69) is 10.6 Å². The second-order valence-corrected chi connectivity index (χ2v) is 11.0. The normalized spacial score (nSPS) is 12.8. The number of amides is 3. The van der Waals surface area contributed by atoms with Crippen LogP contribution in [0, 0.1) is 6.92 Å². The molecule has 7 nitrogen and oxygen atoms in total. The van der Waals surface area contributed by atoms with E-state index < -0.39 is 23.8 Å². The van der Waals surface area contributed by atoms with Crippen LogP contribution in [0.4, 0.5) is 10.5 Å². The maximum Gasteiger partial charge on any atom is 0.408 e. The maximum absolute atomic E-state index is 14.1. The van der Waals surface area contributed by atoms with Crippen LogP contribution in [-0.2, 0) is 14.3 Å². The lowest BCUT2D eigenvalue weighted by Gasteiger charge is -2.34. The summed E-state index contributed by atoms with van der Waals surface area (Å²) < 4.78 is 5.44. The van der Waals surface area contributed by atoms with Gasteiger partial charge in [0.05, 0.1) is 0 Å². The third-order valence-corrected chi connectivity index (χ3v) is 6.36. The Morgan fingerprint density at radius 1 is 1.03 bits per heavy atom. The van der Waals surface area contributed by atoms with E-state index in [4.69, 9.17) is 4.74 Å². The van der Waals surface area contributed by atoms with E-state index in [9.17, 15) is 14.4 Å². The fraction of sp³-hybridized carbons (Fsp3) is 0.483. The zero-order valence-electron chi connectivity index (χ0n) is 22.9. The first-order valence-electron chi connectivity index (χ1n) is 12.8. The molecule has 0 spiro atoms. The molecule has 2 unspecified atom stereocenters. The highest BCUT2D eigenvalue weighted by atomic mass is 32.2. The monoisotopic (exact) mass is 527 g/mol. The molecule has 2 aromatic rings. The molecule has 0 aromatic heterocycles. The molecule has 3 amide bonds. The van der Waals surface area contributed by atoms with E-state index in [-0.39, 0.29) is 11.8 Å². The molecule has 2 N–H and O–H groups in total. The fourth-order valence-electron chi connectivity index (χ4n) is 3.86. The van der Waals surface area contributed by atoms with Crippen LogP contribution in [0.3, 0.4) is 0 Å². The van der Waals surface area contributed by atoms with Gasteiger partial charge in [0.1, 0.15) is 17.7 Å². The first kappa shape index (κ1) is 30.2. The van der Waals surface area contributed by atoms with Gasteiger partial charge in [-0.15, -0.1) is 0 Å². The summed E-state index contributed by atoms with van der Waals surface area (Å²) in [6.07, 6.45) is 3.28. The number of hydrogen-bond acceptors (Lipinski definition) is 5. The Labute approximate surface area is 225 Å². The van der Waals surface area contributed by atoms with Crippen LogP contribution >= 0.6 is 11.8 Å². The molecule has 0 aliphatic rings. The number of thioether (sulfide) groups is 1. The van der Waals surface area contributed by atoms with Crippen molar-refractivity contribution in [2.75, 3.05) is 23.9 Å². The van der Waals surface area contributed by atoms with Crippen LogP contribution in [0.25, 0.3) is 0 Å². The molecule has 0 bridgehead atoms. The Bertz CT molecular complexity index is 1020. The first-order valence-corrected chi connectivity index (χ1v) is 14.2. The highest BCUT2D eigenvalue weighted by Gasteiger charge is 2.36. The number of anilines is 1. The van der Waals surface area contributed by atoms with Crippen molar-refractivity contribution in [3.05, 3.63) is 65.7 Å². The second-order valence-electron chi connectivity index (χ2n) is 9.98. The predicted molar refractivity (Wildman–Crippen MR) is 152 cm³/mol. The highest BCUT2D eigenvalue weighted by molar-refractivity contribution is 7.98. The zero-order chi connectivity index (χ0) is 27.4. The zero-order valence-corrected chi connectivity index (χ0v) is 23.7. The standard InChI is InChI=1S/C29H41N3O4S/c1-7-8-19-32(27(34)24(18-20-37-6)31-28(35)36-29(3,4)5)25(22-15-10-9-11-16-22)26(33)30-23-17-13-12-14-21(23)2/h9-17,24-25H,7-8,18-20H2,1-6H3,(H,30,33)(H,31,35). The molecule has 0 aliphatic heterocycles. The fourth-order valence-corrected chi connectivity index (χ4v) is 4.33. The molecule has 2 atom stereocenters. The van der Waals surface area contributed by atoms with Crippen LogP contribution in [0.5, 0.6) is 0 Å². The number of alkyl carbamates (subject to hydrolysis) is 1.